The molecule has 0 aromatic heterocycles. The minimum absolute atomic E-state index is 0.0269. The second-order valence-electron chi connectivity index (χ2n) is 6.91. The predicted molar refractivity (Wildman–Crippen MR) is 98.3 cm³/mol. The van der Waals surface area contributed by atoms with Gasteiger partial charge in [0, 0.05) is 6.54 Å². The Hall–Kier alpha value is -1.44. The van der Waals surface area contributed by atoms with Gasteiger partial charge in [-0.05, 0) is 45.7 Å². The van der Waals surface area contributed by atoms with E-state index in [0.29, 0.717) is 37.6 Å². The lowest BCUT2D eigenvalue weighted by Crippen LogP contribution is -3.19. The number of amides is 1. The lowest BCUT2D eigenvalue weighted by molar-refractivity contribution is -0.917. The molecule has 1 aromatic carbocycles. The van der Waals surface area contributed by atoms with Crippen LogP contribution in [0.15, 0.2) is 17.0 Å². The lowest BCUT2D eigenvalue weighted by atomic mass is 10.1. The molecular formula is C18H30N3O3S+. The van der Waals surface area contributed by atoms with Gasteiger partial charge in [-0.15, -0.1) is 0 Å². The van der Waals surface area contributed by atoms with E-state index in [4.69, 9.17) is 0 Å². The number of carbonyl (C=O) groups excluding carboxylic acids is 1. The lowest BCUT2D eigenvalue weighted by Gasteiger charge is -2.34. The maximum Gasteiger partial charge on any atom is 0.278 e. The zero-order valence-corrected chi connectivity index (χ0v) is 16.7. The minimum Gasteiger partial charge on any atom is -0.351 e. The molecule has 1 aliphatic heterocycles. The van der Waals surface area contributed by atoms with E-state index in [1.54, 1.807) is 4.31 Å². The molecule has 2 N–H and O–H groups in total. The van der Waals surface area contributed by atoms with Crippen LogP contribution in [-0.4, -0.2) is 57.4 Å². The molecule has 0 aliphatic carbocycles. The van der Waals surface area contributed by atoms with E-state index in [2.05, 4.69) is 5.32 Å². The number of likely N-dealkylation sites (N-methyl/N-ethyl adjacent to an activating group) is 1. The van der Waals surface area contributed by atoms with Crippen molar-refractivity contribution in [3.63, 3.8) is 0 Å². The molecule has 7 heteroatoms. The fourth-order valence-electron chi connectivity index (χ4n) is 3.66. The Balaban J connectivity index is 2.13. The fourth-order valence-corrected chi connectivity index (χ4v) is 5.52. The highest BCUT2D eigenvalue weighted by molar-refractivity contribution is 7.89. The van der Waals surface area contributed by atoms with Gasteiger partial charge in [-0.1, -0.05) is 17.7 Å². The second kappa shape index (κ2) is 7.85. The van der Waals surface area contributed by atoms with Crippen LogP contribution < -0.4 is 10.2 Å². The molecule has 0 saturated carbocycles. The van der Waals surface area contributed by atoms with Crippen LogP contribution in [0.5, 0.6) is 0 Å². The molecule has 1 saturated heterocycles. The largest absolute Gasteiger partial charge is 0.351 e. The number of hydrogen-bond donors (Lipinski definition) is 2. The van der Waals surface area contributed by atoms with Gasteiger partial charge >= 0.3 is 0 Å². The molecule has 0 spiro atoms. The van der Waals surface area contributed by atoms with Crippen LogP contribution in [0.1, 0.15) is 30.5 Å². The van der Waals surface area contributed by atoms with E-state index in [1.165, 1.54) is 0 Å². The number of aryl methyl sites for hydroxylation is 3. The van der Waals surface area contributed by atoms with Crippen molar-refractivity contribution in [1.82, 2.24) is 9.62 Å². The normalized spacial score (nSPS) is 18.1. The van der Waals surface area contributed by atoms with Gasteiger partial charge in [0.05, 0.1) is 31.1 Å². The van der Waals surface area contributed by atoms with Gasteiger partial charge in [0.25, 0.3) is 5.91 Å². The van der Waals surface area contributed by atoms with Gasteiger partial charge in [-0.25, -0.2) is 8.42 Å². The van der Waals surface area contributed by atoms with Crippen LogP contribution in [0.3, 0.4) is 0 Å². The van der Waals surface area contributed by atoms with E-state index < -0.39 is 10.0 Å². The number of nitrogens with zero attached hydrogens (tertiary/aromatic N) is 1. The molecular weight excluding hydrogens is 338 g/mol. The summed E-state index contributed by atoms with van der Waals surface area (Å²) in [6.45, 7) is 12.3. The fraction of sp³-hybridized carbons (Fsp3) is 0.611. The maximum atomic E-state index is 13.1. The molecule has 140 valence electrons. The zero-order valence-electron chi connectivity index (χ0n) is 15.8. The first-order valence-corrected chi connectivity index (χ1v) is 10.3. The van der Waals surface area contributed by atoms with E-state index in [1.807, 2.05) is 46.8 Å². The van der Waals surface area contributed by atoms with Gasteiger partial charge < -0.3 is 10.2 Å². The SMILES string of the molecule is CCNC(=O)[C@H](C)[NH+]1CCN(S(=O)(=O)c2c(C)cc(C)cc2C)CC1. The summed E-state index contributed by atoms with van der Waals surface area (Å²) in [5.74, 6) is 0.0269. The monoisotopic (exact) mass is 368 g/mol. The Morgan fingerprint density at radius 1 is 1.20 bits per heavy atom. The van der Waals surface area contributed by atoms with Gasteiger partial charge in [0.1, 0.15) is 0 Å². The third-order valence-corrected chi connectivity index (χ3v) is 7.13. The third kappa shape index (κ3) is 4.22. The van der Waals surface area contributed by atoms with Crippen molar-refractivity contribution in [2.45, 2.75) is 45.6 Å². The van der Waals surface area contributed by atoms with E-state index in [9.17, 15) is 13.2 Å². The van der Waals surface area contributed by atoms with Crippen molar-refractivity contribution in [3.8, 4) is 0 Å². The summed E-state index contributed by atoms with van der Waals surface area (Å²) in [5.41, 5.74) is 2.66. The minimum atomic E-state index is -3.50. The zero-order chi connectivity index (χ0) is 18.8. The number of sulfonamides is 1. The van der Waals surface area contributed by atoms with Crippen molar-refractivity contribution in [3.05, 3.63) is 28.8 Å². The molecule has 0 radical (unpaired) electrons. The highest BCUT2D eigenvalue weighted by atomic mass is 32.2. The van der Waals surface area contributed by atoms with Crippen LogP contribution in [-0.2, 0) is 14.8 Å². The van der Waals surface area contributed by atoms with Crippen molar-refractivity contribution < 1.29 is 18.1 Å². The Kier molecular flexibility index (Phi) is 6.24. The number of carbonyl (C=O) groups is 1. The number of quaternary nitrogens is 1. The molecule has 1 amide bonds. The van der Waals surface area contributed by atoms with Crippen molar-refractivity contribution in [1.29, 1.82) is 0 Å². The van der Waals surface area contributed by atoms with Crippen molar-refractivity contribution in [2.24, 2.45) is 0 Å². The third-order valence-electron chi connectivity index (χ3n) is 4.92. The quantitative estimate of drug-likeness (QED) is 0.770. The topological polar surface area (TPSA) is 70.9 Å². The first kappa shape index (κ1) is 19.9. The average molecular weight is 369 g/mol. The molecule has 0 bridgehead atoms. The summed E-state index contributed by atoms with van der Waals surface area (Å²) in [7, 11) is -3.50. The Labute approximate surface area is 151 Å². The van der Waals surface area contributed by atoms with Crippen LogP contribution in [0.2, 0.25) is 0 Å². The number of hydrogen-bond acceptors (Lipinski definition) is 3. The van der Waals surface area contributed by atoms with Crippen LogP contribution in [0.25, 0.3) is 0 Å². The highest BCUT2D eigenvalue weighted by Crippen LogP contribution is 2.25. The predicted octanol–water partition coefficient (Wildman–Crippen LogP) is 0.0257. The first-order valence-electron chi connectivity index (χ1n) is 8.88. The highest BCUT2D eigenvalue weighted by Gasteiger charge is 2.35. The van der Waals surface area contributed by atoms with Crippen molar-refractivity contribution in [2.75, 3.05) is 32.7 Å². The van der Waals surface area contributed by atoms with Crippen LogP contribution in [0.4, 0.5) is 0 Å². The van der Waals surface area contributed by atoms with Crippen LogP contribution in [0, 0.1) is 20.8 Å². The second-order valence-corrected chi connectivity index (χ2v) is 8.78. The maximum absolute atomic E-state index is 13.1. The molecule has 1 fully saturated rings. The molecule has 1 aliphatic rings. The molecule has 1 aromatic rings. The summed E-state index contributed by atoms with van der Waals surface area (Å²) >= 11 is 0. The summed E-state index contributed by atoms with van der Waals surface area (Å²) in [6, 6.07) is 3.67. The summed E-state index contributed by atoms with van der Waals surface area (Å²) in [5, 5.41) is 2.84. The number of rotatable bonds is 5. The molecule has 6 nitrogen and oxygen atoms in total. The molecule has 25 heavy (non-hydrogen) atoms. The Morgan fingerprint density at radius 3 is 2.20 bits per heavy atom. The van der Waals surface area contributed by atoms with Gasteiger partial charge in [-0.3, -0.25) is 4.79 Å². The van der Waals surface area contributed by atoms with E-state index >= 15 is 0 Å². The Morgan fingerprint density at radius 2 is 1.72 bits per heavy atom. The molecule has 1 heterocycles. The molecule has 1 atom stereocenters. The summed E-state index contributed by atoms with van der Waals surface area (Å²) in [6.07, 6.45) is 0. The standard InChI is InChI=1S/C18H29N3O3S/c1-6-19-18(22)16(5)20-7-9-21(10-8-20)25(23,24)17-14(3)11-13(2)12-15(17)4/h11-12,16H,6-10H2,1-5H3,(H,19,22)/p+1/t16-/m0/s1. The average Bonchev–Trinajstić information content (AvgIpc) is 2.53. The van der Waals surface area contributed by atoms with E-state index in [-0.39, 0.29) is 11.9 Å². The molecule has 0 unspecified atom stereocenters. The number of nitrogens with one attached hydrogen (secondary N) is 2. The number of benzene rings is 1. The number of piperazine rings is 1. The van der Waals surface area contributed by atoms with Gasteiger partial charge in [0.2, 0.25) is 10.0 Å². The van der Waals surface area contributed by atoms with E-state index in [0.717, 1.165) is 21.6 Å². The Bertz CT molecular complexity index is 715. The first-order chi connectivity index (χ1) is 11.7. The van der Waals surface area contributed by atoms with Gasteiger partial charge in [0.15, 0.2) is 6.04 Å². The summed E-state index contributed by atoms with van der Waals surface area (Å²) in [4.78, 5) is 13.6. The molecule has 2 rings (SSSR count). The van der Waals surface area contributed by atoms with Crippen LogP contribution >= 0.6 is 0 Å². The van der Waals surface area contributed by atoms with Crippen molar-refractivity contribution >= 4 is 15.9 Å². The smallest absolute Gasteiger partial charge is 0.278 e. The summed E-state index contributed by atoms with van der Waals surface area (Å²) < 4.78 is 27.7. The van der Waals surface area contributed by atoms with Gasteiger partial charge in [-0.2, -0.15) is 4.31 Å².